The summed E-state index contributed by atoms with van der Waals surface area (Å²) in [6.45, 7) is 2.64. The van der Waals surface area contributed by atoms with Gasteiger partial charge in [0.05, 0.1) is 16.8 Å². The van der Waals surface area contributed by atoms with Crippen LogP contribution in [0, 0.1) is 6.92 Å². The monoisotopic (exact) mass is 541 g/mol. The van der Waals surface area contributed by atoms with E-state index in [0.29, 0.717) is 12.1 Å². The molecule has 5 aromatic rings. The summed E-state index contributed by atoms with van der Waals surface area (Å²) in [4.78, 5) is 22.3. The fourth-order valence-corrected chi connectivity index (χ4v) is 4.45. The van der Waals surface area contributed by atoms with Gasteiger partial charge in [-0.2, -0.15) is 13.2 Å². The summed E-state index contributed by atoms with van der Waals surface area (Å²) in [6, 6.07) is 24.5. The summed E-state index contributed by atoms with van der Waals surface area (Å²) in [5.74, 6) is -0.483. The van der Waals surface area contributed by atoms with Crippen molar-refractivity contribution in [2.24, 2.45) is 0 Å². The average Bonchev–Trinajstić information content (AvgIpc) is 2.97. The van der Waals surface area contributed by atoms with Gasteiger partial charge in [0, 0.05) is 47.8 Å². The van der Waals surface area contributed by atoms with E-state index in [4.69, 9.17) is 0 Å². The molecule has 0 aliphatic rings. The number of hydrazine groups is 1. The van der Waals surface area contributed by atoms with Gasteiger partial charge in [-0.1, -0.05) is 42.5 Å². The summed E-state index contributed by atoms with van der Waals surface area (Å²) in [7, 11) is 0. The highest BCUT2D eigenvalue weighted by Crippen LogP contribution is 2.32. The number of aromatic nitrogens is 2. The van der Waals surface area contributed by atoms with Crippen LogP contribution in [-0.2, 0) is 19.3 Å². The van der Waals surface area contributed by atoms with E-state index >= 15 is 0 Å². The Hall–Kier alpha value is -4.76. The maximum absolute atomic E-state index is 13.5. The van der Waals surface area contributed by atoms with E-state index in [-0.39, 0.29) is 12.2 Å². The SMILES string of the molecule is Cc1ncccc1CNc1ccnc2cccc(CNN(C(=O)c3ccccc3)c3cccc(C(F)(F)F)c3)c12. The zero-order valence-electron chi connectivity index (χ0n) is 21.6. The molecule has 2 N–H and O–H groups in total. The van der Waals surface area contributed by atoms with Gasteiger partial charge in [0.1, 0.15) is 0 Å². The third-order valence-electron chi connectivity index (χ3n) is 6.52. The van der Waals surface area contributed by atoms with Crippen molar-refractivity contribution < 1.29 is 18.0 Å². The molecule has 0 atom stereocenters. The van der Waals surface area contributed by atoms with E-state index in [0.717, 1.165) is 50.6 Å². The molecular weight excluding hydrogens is 515 g/mol. The van der Waals surface area contributed by atoms with Gasteiger partial charge in [0.25, 0.3) is 5.91 Å². The van der Waals surface area contributed by atoms with Gasteiger partial charge in [-0.25, -0.2) is 10.4 Å². The highest BCUT2D eigenvalue weighted by atomic mass is 19.4. The van der Waals surface area contributed by atoms with Crippen molar-refractivity contribution >= 4 is 28.2 Å². The molecule has 2 heterocycles. The molecule has 0 fully saturated rings. The number of carbonyl (C=O) groups is 1. The Kier molecular flexibility index (Phi) is 7.75. The molecule has 0 unspecified atom stereocenters. The number of hydrogen-bond acceptors (Lipinski definition) is 5. The standard InChI is InChI=1S/C31H26F3N5O/c1-21-23(11-7-16-35-21)19-37-28-15-17-36-27-14-5-10-24(29(27)28)20-38-39(30(40)22-8-3-2-4-9-22)26-13-6-12-25(18-26)31(32,33)34/h2-18,38H,19-20H2,1H3,(H,36,37). The average molecular weight is 542 g/mol. The summed E-state index contributed by atoms with van der Waals surface area (Å²) >= 11 is 0. The molecule has 1 amide bonds. The topological polar surface area (TPSA) is 70.2 Å². The van der Waals surface area contributed by atoms with Gasteiger partial charge in [-0.05, 0) is 66.6 Å². The predicted octanol–water partition coefficient (Wildman–Crippen LogP) is 6.92. The number of fused-ring (bicyclic) bond motifs is 1. The number of hydrogen-bond donors (Lipinski definition) is 2. The molecule has 0 radical (unpaired) electrons. The van der Waals surface area contributed by atoms with Crippen molar-refractivity contribution in [3.05, 3.63) is 131 Å². The smallest absolute Gasteiger partial charge is 0.380 e. The van der Waals surface area contributed by atoms with E-state index in [1.165, 1.54) is 12.1 Å². The minimum atomic E-state index is -4.55. The van der Waals surface area contributed by atoms with Gasteiger partial charge >= 0.3 is 6.18 Å². The largest absolute Gasteiger partial charge is 0.416 e. The third kappa shape index (κ3) is 5.94. The molecule has 6 nitrogen and oxygen atoms in total. The number of alkyl halides is 3. The number of benzene rings is 3. The summed E-state index contributed by atoms with van der Waals surface area (Å²) < 4.78 is 40.5. The van der Waals surface area contributed by atoms with Crippen LogP contribution in [0.25, 0.3) is 10.9 Å². The van der Waals surface area contributed by atoms with Crippen LogP contribution in [0.4, 0.5) is 24.5 Å². The summed E-state index contributed by atoms with van der Waals surface area (Å²) in [5.41, 5.74) is 7.02. The zero-order valence-corrected chi connectivity index (χ0v) is 21.6. The first-order valence-corrected chi connectivity index (χ1v) is 12.6. The number of aryl methyl sites for hydroxylation is 1. The van der Waals surface area contributed by atoms with Gasteiger partial charge in [0.15, 0.2) is 0 Å². The molecule has 0 bridgehead atoms. The Labute approximate surface area is 229 Å². The minimum absolute atomic E-state index is 0.0763. The van der Waals surface area contributed by atoms with E-state index < -0.39 is 17.6 Å². The fourth-order valence-electron chi connectivity index (χ4n) is 4.45. The second-order valence-corrected chi connectivity index (χ2v) is 9.16. The molecular formula is C31H26F3N5O. The highest BCUT2D eigenvalue weighted by Gasteiger charge is 2.31. The third-order valence-corrected chi connectivity index (χ3v) is 6.52. The van der Waals surface area contributed by atoms with Crippen LogP contribution in [0.15, 0.2) is 103 Å². The van der Waals surface area contributed by atoms with Gasteiger partial charge in [0.2, 0.25) is 0 Å². The lowest BCUT2D eigenvalue weighted by Gasteiger charge is -2.25. The minimum Gasteiger partial charge on any atom is -0.380 e. The van der Waals surface area contributed by atoms with Gasteiger partial charge in [-0.3, -0.25) is 14.8 Å². The Bertz CT molecular complexity index is 1630. The Morgan fingerprint density at radius 3 is 2.38 bits per heavy atom. The number of halogens is 3. The quantitative estimate of drug-likeness (QED) is 0.209. The van der Waals surface area contributed by atoms with E-state index in [9.17, 15) is 18.0 Å². The Balaban J connectivity index is 1.48. The second-order valence-electron chi connectivity index (χ2n) is 9.16. The first-order valence-electron chi connectivity index (χ1n) is 12.6. The normalized spacial score (nSPS) is 11.4. The molecule has 5 rings (SSSR count). The maximum Gasteiger partial charge on any atom is 0.416 e. The van der Waals surface area contributed by atoms with Crippen molar-refractivity contribution in [2.45, 2.75) is 26.2 Å². The lowest BCUT2D eigenvalue weighted by molar-refractivity contribution is -0.137. The van der Waals surface area contributed by atoms with Crippen molar-refractivity contribution in [2.75, 3.05) is 10.3 Å². The number of rotatable bonds is 8. The lowest BCUT2D eigenvalue weighted by Crippen LogP contribution is -2.43. The number of nitrogens with zero attached hydrogens (tertiary/aromatic N) is 3. The Morgan fingerprint density at radius 1 is 0.825 bits per heavy atom. The van der Waals surface area contributed by atoms with Crippen LogP contribution < -0.4 is 15.8 Å². The molecule has 202 valence electrons. The molecule has 2 aromatic heterocycles. The second kappa shape index (κ2) is 11.5. The van der Waals surface area contributed by atoms with E-state index in [2.05, 4.69) is 20.7 Å². The molecule has 0 aliphatic heterocycles. The number of amides is 1. The highest BCUT2D eigenvalue weighted by molar-refractivity contribution is 6.05. The Morgan fingerprint density at radius 2 is 1.60 bits per heavy atom. The van der Waals surface area contributed by atoms with Crippen LogP contribution >= 0.6 is 0 Å². The van der Waals surface area contributed by atoms with Gasteiger partial charge in [-0.15, -0.1) is 0 Å². The van der Waals surface area contributed by atoms with E-state index in [1.54, 1.807) is 42.7 Å². The molecule has 0 saturated heterocycles. The van der Waals surface area contributed by atoms with Crippen LogP contribution in [-0.4, -0.2) is 15.9 Å². The first-order chi connectivity index (χ1) is 19.3. The number of anilines is 2. The predicted molar refractivity (Wildman–Crippen MR) is 150 cm³/mol. The molecule has 9 heteroatoms. The molecule has 40 heavy (non-hydrogen) atoms. The molecule has 0 aliphatic carbocycles. The summed E-state index contributed by atoms with van der Waals surface area (Å²) in [5, 5.41) is 5.47. The summed E-state index contributed by atoms with van der Waals surface area (Å²) in [6.07, 6.45) is -1.09. The van der Waals surface area contributed by atoms with Crippen LogP contribution in [0.3, 0.4) is 0 Å². The van der Waals surface area contributed by atoms with Crippen molar-refractivity contribution in [3.8, 4) is 0 Å². The van der Waals surface area contributed by atoms with Crippen molar-refractivity contribution in [1.29, 1.82) is 0 Å². The number of nitrogens with one attached hydrogen (secondary N) is 2. The molecule has 0 saturated carbocycles. The fraction of sp³-hybridized carbons (Fsp3) is 0.129. The molecule has 0 spiro atoms. The lowest BCUT2D eigenvalue weighted by atomic mass is 10.1. The van der Waals surface area contributed by atoms with Gasteiger partial charge < -0.3 is 5.32 Å². The van der Waals surface area contributed by atoms with Crippen LogP contribution in [0.1, 0.15) is 32.7 Å². The number of carbonyl (C=O) groups excluding carboxylic acids is 1. The van der Waals surface area contributed by atoms with Crippen LogP contribution in [0.2, 0.25) is 0 Å². The maximum atomic E-state index is 13.5. The van der Waals surface area contributed by atoms with Crippen molar-refractivity contribution in [3.63, 3.8) is 0 Å². The van der Waals surface area contributed by atoms with E-state index in [1.807, 2.05) is 43.3 Å². The zero-order chi connectivity index (χ0) is 28.1. The van der Waals surface area contributed by atoms with Crippen molar-refractivity contribution in [1.82, 2.24) is 15.4 Å². The van der Waals surface area contributed by atoms with Crippen LogP contribution in [0.5, 0.6) is 0 Å². The number of pyridine rings is 2. The molecule has 3 aromatic carbocycles. The first kappa shape index (κ1) is 26.8.